The van der Waals surface area contributed by atoms with Gasteiger partial charge < -0.3 is 9.47 Å². The smallest absolute Gasteiger partial charge is 0.124 e. The van der Waals surface area contributed by atoms with Crippen LogP contribution in [0.25, 0.3) is 103 Å². The zero-order valence-electron chi connectivity index (χ0n) is 37.8. The first-order valence-corrected chi connectivity index (χ1v) is 24.5. The molecule has 2 atom stereocenters. The second kappa shape index (κ2) is 15.0. The van der Waals surface area contributed by atoms with Crippen LogP contribution in [-0.2, 0) is 5.41 Å². The molecule has 0 N–H and O–H groups in total. The van der Waals surface area contributed by atoms with Gasteiger partial charge in [0, 0.05) is 44.7 Å². The zero-order valence-corrected chi connectivity index (χ0v) is 38.6. The number of allylic oxidation sites excluding steroid dienone is 2. The van der Waals surface area contributed by atoms with Gasteiger partial charge in [0.25, 0.3) is 0 Å². The molecule has 14 rings (SSSR count). The lowest BCUT2D eigenvalue weighted by molar-refractivity contribution is 0.332. The van der Waals surface area contributed by atoms with E-state index in [1.54, 1.807) is 11.3 Å². The molecule has 2 unspecified atom stereocenters. The molecule has 0 amide bonds. The molecule has 68 heavy (non-hydrogen) atoms. The lowest BCUT2D eigenvalue weighted by Crippen LogP contribution is -2.49. The summed E-state index contributed by atoms with van der Waals surface area (Å²) in [6.45, 7) is 4.85. The minimum absolute atomic E-state index is 0.0852. The van der Waals surface area contributed by atoms with E-state index in [2.05, 4.69) is 248 Å². The molecule has 322 valence electrons. The molecular weight excluding hydrogens is 843 g/mol. The summed E-state index contributed by atoms with van der Waals surface area (Å²) in [5, 5.41) is 11.2. The summed E-state index contributed by atoms with van der Waals surface area (Å²) in [6, 6.07) is 74.3. The highest BCUT2D eigenvalue weighted by Crippen LogP contribution is 2.52. The van der Waals surface area contributed by atoms with E-state index in [-0.39, 0.29) is 11.5 Å². The molecule has 0 spiro atoms. The summed E-state index contributed by atoms with van der Waals surface area (Å²) in [5.41, 5.74) is 14.3. The van der Waals surface area contributed by atoms with Crippen LogP contribution in [0.1, 0.15) is 19.4 Å². The van der Waals surface area contributed by atoms with E-state index in [1.807, 2.05) is 0 Å². The summed E-state index contributed by atoms with van der Waals surface area (Å²) >= 11 is 1.78. The topological polar surface area (TPSA) is 21.1 Å². The zero-order chi connectivity index (χ0) is 45.1. The van der Waals surface area contributed by atoms with Gasteiger partial charge in [-0.2, -0.15) is 0 Å². The summed E-state index contributed by atoms with van der Waals surface area (Å²) in [4.78, 5) is 7.77. The highest BCUT2D eigenvalue weighted by Gasteiger charge is 2.45. The average Bonchev–Trinajstić information content (AvgIpc) is 3.99. The van der Waals surface area contributed by atoms with Gasteiger partial charge in [0.15, 0.2) is 0 Å². The van der Waals surface area contributed by atoms with Crippen molar-refractivity contribution in [1.82, 2.24) is 9.55 Å². The number of thiazole rings is 1. The SMILES string of the molecule is CC1(C)c2cc(-c3ccc4c(c3)c3ccc5nc(-c6ccccc6)sc5c3n4-c3ccc(-c4ccc5c6ccccc6c6ccccc6c5c4)cc3)ccc2N(c2ccccc2)C2C=CC=CC21. The molecule has 0 radical (unpaired) electrons. The Morgan fingerprint density at radius 3 is 1.78 bits per heavy atom. The second-order valence-electron chi connectivity index (χ2n) is 19.1. The molecular formula is C64H45N3S. The van der Waals surface area contributed by atoms with Crippen LogP contribution in [0.15, 0.2) is 224 Å². The Hall–Kier alpha value is -8.05. The van der Waals surface area contributed by atoms with Crippen molar-refractivity contribution < 1.29 is 0 Å². The number of anilines is 2. The van der Waals surface area contributed by atoms with Gasteiger partial charge in [0.05, 0.1) is 27.3 Å². The molecule has 12 aromatic rings. The predicted octanol–water partition coefficient (Wildman–Crippen LogP) is 17.4. The Labute approximate surface area is 399 Å². The molecule has 0 saturated heterocycles. The minimum atomic E-state index is -0.0852. The Morgan fingerprint density at radius 2 is 1.03 bits per heavy atom. The molecule has 4 heteroatoms. The first-order chi connectivity index (χ1) is 33.5. The molecule has 3 heterocycles. The van der Waals surface area contributed by atoms with Crippen molar-refractivity contribution in [3.05, 3.63) is 230 Å². The van der Waals surface area contributed by atoms with E-state index in [0.717, 1.165) is 21.8 Å². The van der Waals surface area contributed by atoms with Gasteiger partial charge in [-0.25, -0.2) is 4.98 Å². The van der Waals surface area contributed by atoms with E-state index in [0.29, 0.717) is 5.92 Å². The van der Waals surface area contributed by atoms with Crippen molar-refractivity contribution in [3.8, 4) is 38.5 Å². The molecule has 3 nitrogen and oxygen atoms in total. The minimum Gasteiger partial charge on any atom is -0.334 e. The summed E-state index contributed by atoms with van der Waals surface area (Å²) in [6.07, 6.45) is 9.23. The lowest BCUT2D eigenvalue weighted by Gasteiger charge is -2.51. The van der Waals surface area contributed by atoms with Crippen LogP contribution in [0.3, 0.4) is 0 Å². The van der Waals surface area contributed by atoms with Gasteiger partial charge in [0.2, 0.25) is 0 Å². The Kier molecular flexibility index (Phi) is 8.63. The third kappa shape index (κ3) is 5.87. The highest BCUT2D eigenvalue weighted by atomic mass is 32.1. The molecule has 0 fully saturated rings. The van der Waals surface area contributed by atoms with E-state index in [4.69, 9.17) is 4.98 Å². The third-order valence-corrected chi connectivity index (χ3v) is 16.2. The maximum absolute atomic E-state index is 5.23. The number of rotatable bonds is 5. The second-order valence-corrected chi connectivity index (χ2v) is 20.1. The first kappa shape index (κ1) is 39.1. The van der Waals surface area contributed by atoms with Crippen LogP contribution >= 0.6 is 11.3 Å². The highest BCUT2D eigenvalue weighted by molar-refractivity contribution is 7.22. The number of aromatic nitrogens is 2. The first-order valence-electron chi connectivity index (χ1n) is 23.7. The maximum Gasteiger partial charge on any atom is 0.124 e. The van der Waals surface area contributed by atoms with Gasteiger partial charge in [-0.1, -0.05) is 172 Å². The quantitative estimate of drug-likeness (QED) is 0.161. The van der Waals surface area contributed by atoms with Gasteiger partial charge in [-0.15, -0.1) is 11.3 Å². The molecule has 2 aliphatic rings. The van der Waals surface area contributed by atoms with E-state index in [9.17, 15) is 0 Å². The van der Waals surface area contributed by atoms with E-state index in [1.165, 1.54) is 98.0 Å². The summed E-state index contributed by atoms with van der Waals surface area (Å²) < 4.78 is 3.67. The Balaban J connectivity index is 0.929. The standard InChI is InChI=1S/C64H45N3S/c1-64(2)55-23-13-14-24-59(55)66(45-17-7-4-8-18-45)60-36-29-44(39-56(60)64)43-28-35-58-54(38-43)52-33-34-57-62(68-63(65-57)41-15-5-3-6-16-41)61(52)67(58)46-30-25-40(26-31-46)42-27-32-51-49-21-10-9-19-47(49)48-20-11-12-22-50(48)53(51)37-42/h3-39,55,59H,1-2H3. The van der Waals surface area contributed by atoms with Crippen molar-refractivity contribution in [3.63, 3.8) is 0 Å². The molecule has 2 aromatic heterocycles. The van der Waals surface area contributed by atoms with Gasteiger partial charge in [-0.3, -0.25) is 0 Å². The fourth-order valence-electron chi connectivity index (χ4n) is 11.7. The Morgan fingerprint density at radius 1 is 0.456 bits per heavy atom. The predicted molar refractivity (Wildman–Crippen MR) is 290 cm³/mol. The van der Waals surface area contributed by atoms with Crippen LogP contribution in [-0.4, -0.2) is 15.6 Å². The van der Waals surface area contributed by atoms with Crippen molar-refractivity contribution >= 4 is 87.1 Å². The van der Waals surface area contributed by atoms with Crippen LogP contribution in [0.4, 0.5) is 11.4 Å². The normalized spacial score (nSPS) is 16.4. The number of nitrogens with zero attached hydrogens (tertiary/aromatic N) is 3. The molecule has 0 saturated carbocycles. The van der Waals surface area contributed by atoms with E-state index < -0.39 is 0 Å². The fourth-order valence-corrected chi connectivity index (χ4v) is 12.8. The number of fused-ring (bicyclic) bond motifs is 13. The van der Waals surface area contributed by atoms with Crippen LogP contribution < -0.4 is 4.90 Å². The number of hydrogen-bond acceptors (Lipinski definition) is 3. The molecule has 1 aliphatic carbocycles. The fraction of sp³-hybridized carbons (Fsp3) is 0.0781. The van der Waals surface area contributed by atoms with Crippen LogP contribution in [0, 0.1) is 5.92 Å². The molecule has 0 bridgehead atoms. The average molecular weight is 888 g/mol. The van der Waals surface area contributed by atoms with Crippen molar-refractivity contribution in [2.75, 3.05) is 4.90 Å². The number of benzene rings is 10. The monoisotopic (exact) mass is 887 g/mol. The molecule has 10 aromatic carbocycles. The molecule has 1 aliphatic heterocycles. The third-order valence-electron chi connectivity index (χ3n) is 15.1. The largest absolute Gasteiger partial charge is 0.334 e. The lowest BCUT2D eigenvalue weighted by atomic mass is 9.65. The maximum atomic E-state index is 5.23. The number of hydrogen-bond donors (Lipinski definition) is 0. The summed E-state index contributed by atoms with van der Waals surface area (Å²) in [5.74, 6) is 0.325. The van der Waals surface area contributed by atoms with Crippen molar-refractivity contribution in [2.45, 2.75) is 25.3 Å². The van der Waals surface area contributed by atoms with E-state index >= 15 is 0 Å². The van der Waals surface area contributed by atoms with Crippen molar-refractivity contribution in [2.24, 2.45) is 5.92 Å². The summed E-state index contributed by atoms with van der Waals surface area (Å²) in [7, 11) is 0. The van der Waals surface area contributed by atoms with Crippen molar-refractivity contribution in [1.29, 1.82) is 0 Å². The van der Waals surface area contributed by atoms with Crippen LogP contribution in [0.5, 0.6) is 0 Å². The number of para-hydroxylation sites is 1. The van der Waals surface area contributed by atoms with Gasteiger partial charge in [0.1, 0.15) is 5.01 Å². The van der Waals surface area contributed by atoms with Gasteiger partial charge >= 0.3 is 0 Å². The Bertz CT molecular complexity index is 4030. The van der Waals surface area contributed by atoms with Crippen LogP contribution in [0.2, 0.25) is 0 Å². The van der Waals surface area contributed by atoms with Gasteiger partial charge in [-0.05, 0) is 127 Å².